The van der Waals surface area contributed by atoms with Crippen molar-refractivity contribution in [3.8, 4) is 5.75 Å². The van der Waals surface area contributed by atoms with Gasteiger partial charge in [0.15, 0.2) is 0 Å². The molecular formula is C21H23Cl2FN2OSSi. The fourth-order valence-corrected chi connectivity index (χ4v) is 4.33. The van der Waals surface area contributed by atoms with Gasteiger partial charge in [-0.2, -0.15) is 0 Å². The minimum Gasteiger partial charge on any atom is -0.543 e. The minimum atomic E-state index is -2.09. The number of benzodiazepines with no additional fused rings is 1. The quantitative estimate of drug-likeness (QED) is 0.384. The van der Waals surface area contributed by atoms with Crippen LogP contribution in [0, 0.1) is 5.82 Å². The molecule has 0 atom stereocenters. The molecule has 1 heterocycles. The summed E-state index contributed by atoms with van der Waals surface area (Å²) in [7, 11) is -2.09. The fraction of sp³-hybridized carbons (Fsp3) is 0.333. The SMILES string of the molecule is CC(C)(C)[Si](C)(C)Oc1ccc(F)c(C2=NCC(=S)Nc3ccc(Cl)c(Cl)c32)c1. The Morgan fingerprint density at radius 2 is 1.86 bits per heavy atom. The minimum absolute atomic E-state index is 0.0148. The van der Waals surface area contributed by atoms with Crippen molar-refractivity contribution < 1.29 is 8.82 Å². The third-order valence-electron chi connectivity index (χ3n) is 5.36. The molecule has 0 bridgehead atoms. The molecule has 3 nitrogen and oxygen atoms in total. The Morgan fingerprint density at radius 3 is 2.52 bits per heavy atom. The molecule has 0 spiro atoms. The number of fused-ring (bicyclic) bond motifs is 1. The molecule has 3 rings (SSSR count). The largest absolute Gasteiger partial charge is 0.543 e. The first-order chi connectivity index (χ1) is 13.4. The van der Waals surface area contributed by atoms with Crippen LogP contribution in [-0.4, -0.2) is 25.6 Å². The molecule has 0 fully saturated rings. The lowest BCUT2D eigenvalue weighted by molar-refractivity contribution is 0.490. The van der Waals surface area contributed by atoms with Gasteiger partial charge in [-0.1, -0.05) is 56.2 Å². The van der Waals surface area contributed by atoms with Crippen molar-refractivity contribution in [3.63, 3.8) is 0 Å². The highest BCUT2D eigenvalue weighted by Crippen LogP contribution is 2.39. The molecule has 0 aromatic heterocycles. The molecule has 0 radical (unpaired) electrons. The van der Waals surface area contributed by atoms with E-state index in [-0.39, 0.29) is 11.6 Å². The van der Waals surface area contributed by atoms with E-state index in [0.717, 1.165) is 0 Å². The van der Waals surface area contributed by atoms with E-state index in [9.17, 15) is 4.39 Å². The van der Waals surface area contributed by atoms with Crippen molar-refractivity contribution in [2.45, 2.75) is 38.9 Å². The summed E-state index contributed by atoms with van der Waals surface area (Å²) in [6.45, 7) is 11.0. The van der Waals surface area contributed by atoms with Gasteiger partial charge in [0.05, 0.1) is 22.3 Å². The lowest BCUT2D eigenvalue weighted by Crippen LogP contribution is -2.43. The molecule has 1 aliphatic heterocycles. The maximum Gasteiger partial charge on any atom is 0.250 e. The molecule has 0 aliphatic carbocycles. The summed E-state index contributed by atoms with van der Waals surface area (Å²) in [5.41, 5.74) is 1.88. The lowest BCUT2D eigenvalue weighted by atomic mass is 9.99. The number of nitrogens with one attached hydrogen (secondary N) is 1. The zero-order chi connectivity index (χ0) is 21.6. The van der Waals surface area contributed by atoms with E-state index in [4.69, 9.17) is 39.8 Å². The second-order valence-electron chi connectivity index (χ2n) is 8.50. The smallest absolute Gasteiger partial charge is 0.250 e. The number of hydrogen-bond acceptors (Lipinski definition) is 3. The number of halogens is 3. The third kappa shape index (κ3) is 4.50. The Labute approximate surface area is 187 Å². The predicted octanol–water partition coefficient (Wildman–Crippen LogP) is 7.11. The number of nitrogens with zero attached hydrogens (tertiary/aromatic N) is 1. The van der Waals surface area contributed by atoms with Gasteiger partial charge in [-0.3, -0.25) is 4.99 Å². The molecule has 2 aromatic rings. The first-order valence-electron chi connectivity index (χ1n) is 9.22. The molecule has 154 valence electrons. The molecule has 1 aliphatic rings. The van der Waals surface area contributed by atoms with Crippen molar-refractivity contribution in [2.24, 2.45) is 4.99 Å². The van der Waals surface area contributed by atoms with E-state index in [0.29, 0.717) is 43.3 Å². The number of aliphatic imine (C=N–C) groups is 1. The molecule has 0 unspecified atom stereocenters. The molecule has 1 N–H and O–H groups in total. The lowest BCUT2D eigenvalue weighted by Gasteiger charge is -2.36. The van der Waals surface area contributed by atoms with Crippen LogP contribution in [0.3, 0.4) is 0 Å². The Morgan fingerprint density at radius 1 is 1.17 bits per heavy atom. The highest BCUT2D eigenvalue weighted by molar-refractivity contribution is 7.80. The zero-order valence-corrected chi connectivity index (χ0v) is 20.3. The van der Waals surface area contributed by atoms with E-state index in [1.165, 1.54) is 6.07 Å². The molecular weight excluding hydrogens is 446 g/mol. The van der Waals surface area contributed by atoms with E-state index in [2.05, 4.69) is 44.2 Å². The van der Waals surface area contributed by atoms with Crippen molar-refractivity contribution in [1.82, 2.24) is 0 Å². The summed E-state index contributed by atoms with van der Waals surface area (Å²) >= 11 is 18.0. The van der Waals surface area contributed by atoms with E-state index in [1.807, 2.05) is 0 Å². The molecule has 2 aromatic carbocycles. The van der Waals surface area contributed by atoms with Gasteiger partial charge in [0.2, 0.25) is 8.32 Å². The van der Waals surface area contributed by atoms with Gasteiger partial charge in [0.25, 0.3) is 0 Å². The number of hydrogen-bond donors (Lipinski definition) is 1. The van der Waals surface area contributed by atoms with Crippen LogP contribution in [0.25, 0.3) is 0 Å². The van der Waals surface area contributed by atoms with Crippen LogP contribution in [0.1, 0.15) is 31.9 Å². The Hall–Kier alpha value is -1.47. The molecule has 29 heavy (non-hydrogen) atoms. The van der Waals surface area contributed by atoms with Gasteiger partial charge >= 0.3 is 0 Å². The van der Waals surface area contributed by atoms with Gasteiger partial charge in [0.1, 0.15) is 16.6 Å². The van der Waals surface area contributed by atoms with E-state index < -0.39 is 14.1 Å². The summed E-state index contributed by atoms with van der Waals surface area (Å²) in [6.07, 6.45) is 0. The Bertz CT molecular complexity index is 1020. The second kappa shape index (κ2) is 7.98. The van der Waals surface area contributed by atoms with Crippen LogP contribution in [0.15, 0.2) is 35.3 Å². The maximum atomic E-state index is 14.9. The van der Waals surface area contributed by atoms with Crippen molar-refractivity contribution >= 4 is 60.1 Å². The molecule has 8 heteroatoms. The van der Waals surface area contributed by atoms with Gasteiger partial charge in [0, 0.05) is 16.8 Å². The van der Waals surface area contributed by atoms with Crippen LogP contribution in [0.5, 0.6) is 5.75 Å². The predicted molar refractivity (Wildman–Crippen MR) is 127 cm³/mol. The van der Waals surface area contributed by atoms with Crippen LogP contribution in [0.4, 0.5) is 10.1 Å². The van der Waals surface area contributed by atoms with Gasteiger partial charge in [-0.25, -0.2) is 4.39 Å². The summed E-state index contributed by atoms with van der Waals surface area (Å²) in [5.74, 6) is 0.191. The fourth-order valence-electron chi connectivity index (χ4n) is 2.72. The van der Waals surface area contributed by atoms with Crippen LogP contribution in [-0.2, 0) is 0 Å². The first kappa shape index (κ1) is 22.2. The van der Waals surface area contributed by atoms with Crippen molar-refractivity contribution in [1.29, 1.82) is 0 Å². The molecule has 0 saturated carbocycles. The Kier molecular flexibility index (Phi) is 6.12. The first-order valence-corrected chi connectivity index (χ1v) is 13.3. The summed E-state index contributed by atoms with van der Waals surface area (Å²) < 4.78 is 21.3. The highest BCUT2D eigenvalue weighted by Gasteiger charge is 2.39. The van der Waals surface area contributed by atoms with Crippen molar-refractivity contribution in [2.75, 3.05) is 11.9 Å². The topological polar surface area (TPSA) is 33.6 Å². The summed E-state index contributed by atoms with van der Waals surface area (Å²) in [5, 5.41) is 3.79. The van der Waals surface area contributed by atoms with Crippen LogP contribution < -0.4 is 9.74 Å². The molecule has 0 amide bonds. The normalized spacial score (nSPS) is 14.6. The zero-order valence-electron chi connectivity index (χ0n) is 17.0. The van der Waals surface area contributed by atoms with Gasteiger partial charge in [-0.15, -0.1) is 0 Å². The highest BCUT2D eigenvalue weighted by atomic mass is 35.5. The second-order valence-corrected chi connectivity index (χ2v) is 14.5. The van der Waals surface area contributed by atoms with Crippen LogP contribution in [0.2, 0.25) is 28.2 Å². The number of benzene rings is 2. The third-order valence-corrected chi connectivity index (χ3v) is 10.8. The van der Waals surface area contributed by atoms with Gasteiger partial charge < -0.3 is 9.74 Å². The number of rotatable bonds is 3. The van der Waals surface area contributed by atoms with Crippen LogP contribution >= 0.6 is 35.4 Å². The van der Waals surface area contributed by atoms with E-state index >= 15 is 0 Å². The average molecular weight is 469 g/mol. The number of thiocarbonyl (C=S) groups is 1. The number of anilines is 1. The average Bonchev–Trinajstić information content (AvgIpc) is 2.77. The van der Waals surface area contributed by atoms with E-state index in [1.54, 1.807) is 24.3 Å². The maximum absolute atomic E-state index is 14.9. The Balaban J connectivity index is 2.14. The van der Waals surface area contributed by atoms with Gasteiger partial charge in [-0.05, 0) is 48.5 Å². The summed E-state index contributed by atoms with van der Waals surface area (Å²) in [6, 6.07) is 8.18. The summed E-state index contributed by atoms with van der Waals surface area (Å²) in [4.78, 5) is 5.07. The molecule has 0 saturated heterocycles. The monoisotopic (exact) mass is 468 g/mol. The van der Waals surface area contributed by atoms with Crippen molar-refractivity contribution in [3.05, 3.63) is 57.3 Å². The standard InChI is InChI=1S/C21H23Cl2FN2OSSi/c1-21(2,3)29(4,5)27-12-6-8-15(24)13(10-12)20-18-16(26-17(28)11-25-20)9-7-14(22)19(18)23/h6-10H,11H2,1-5H3,(H,26,28).